The number of likely N-dealkylation sites (tertiary alicyclic amines) is 1. The average Bonchev–Trinajstić information content (AvgIpc) is 2.88. The highest BCUT2D eigenvalue weighted by molar-refractivity contribution is 5.93. The summed E-state index contributed by atoms with van der Waals surface area (Å²) in [7, 11) is 3.18. The second kappa shape index (κ2) is 12.3. The fourth-order valence-corrected chi connectivity index (χ4v) is 4.48. The van der Waals surface area contributed by atoms with Gasteiger partial charge >= 0.3 is 12.1 Å². The van der Waals surface area contributed by atoms with Crippen molar-refractivity contribution in [3.63, 3.8) is 0 Å². The summed E-state index contributed by atoms with van der Waals surface area (Å²) in [5.41, 5.74) is 0.701. The minimum Gasteiger partial charge on any atom is -0.493 e. The summed E-state index contributed by atoms with van der Waals surface area (Å²) in [5.74, 6) is -3.01. The molecule has 4 rings (SSSR count). The number of nitrogens with one attached hydrogen (secondary N) is 1. The first-order valence-electron chi connectivity index (χ1n) is 12.6. The summed E-state index contributed by atoms with van der Waals surface area (Å²) < 4.78 is 70.1. The number of hydrogen-bond donors (Lipinski definition) is 2. The summed E-state index contributed by atoms with van der Waals surface area (Å²) in [6, 6.07) is 4.53. The number of carboxylic acid groups (broad SMARTS) is 1. The van der Waals surface area contributed by atoms with Gasteiger partial charge in [-0.25, -0.2) is 18.6 Å². The van der Waals surface area contributed by atoms with Gasteiger partial charge in [-0.2, -0.15) is 18.2 Å². The number of fused-ring (bicyclic) bond motifs is 1. The number of methoxy groups -OCH3 is 2. The number of ether oxygens (including phenoxy) is 2. The lowest BCUT2D eigenvalue weighted by atomic mass is 10.0. The molecule has 0 radical (unpaired) electrons. The number of hydrogen-bond acceptors (Lipinski definition) is 8. The monoisotopic (exact) mass is 563 g/mol. The van der Waals surface area contributed by atoms with E-state index in [4.69, 9.17) is 29.3 Å². The summed E-state index contributed by atoms with van der Waals surface area (Å²) in [6.07, 6.45) is -3.42. The lowest BCUT2D eigenvalue weighted by Crippen LogP contribution is -2.42. The van der Waals surface area contributed by atoms with Gasteiger partial charge in [-0.05, 0) is 32.8 Å². The van der Waals surface area contributed by atoms with E-state index in [1.807, 2.05) is 17.0 Å². The van der Waals surface area contributed by atoms with Crippen molar-refractivity contribution in [2.45, 2.75) is 63.7 Å². The lowest BCUT2D eigenvalue weighted by molar-refractivity contribution is -0.192. The molecule has 14 heteroatoms. The van der Waals surface area contributed by atoms with E-state index < -0.39 is 18.1 Å². The molecular formula is C25H34F5N5O4. The van der Waals surface area contributed by atoms with Crippen molar-refractivity contribution >= 4 is 28.6 Å². The number of halogens is 5. The number of rotatable bonds is 6. The summed E-state index contributed by atoms with van der Waals surface area (Å²) in [5, 5.41) is 11.6. The van der Waals surface area contributed by atoms with E-state index in [9.17, 15) is 22.0 Å². The fourth-order valence-electron chi connectivity index (χ4n) is 4.48. The molecule has 3 heterocycles. The van der Waals surface area contributed by atoms with E-state index in [2.05, 4.69) is 24.1 Å². The zero-order valence-electron chi connectivity index (χ0n) is 22.3. The number of anilines is 2. The molecule has 0 amide bonds. The molecular weight excluding hydrogens is 529 g/mol. The SMILES string of the molecule is COc1cc2nc(N3CCC(F)(F)CC3)nc(NC3CCN(C(C)C)CC3)c2cc1OC.O=C(O)C(F)(F)F. The van der Waals surface area contributed by atoms with E-state index in [1.54, 1.807) is 14.2 Å². The van der Waals surface area contributed by atoms with Crippen LogP contribution in [0.25, 0.3) is 10.9 Å². The van der Waals surface area contributed by atoms with Crippen molar-refractivity contribution in [2.24, 2.45) is 0 Å². The predicted octanol–water partition coefficient (Wildman–Crippen LogP) is 4.80. The molecule has 0 aliphatic carbocycles. The van der Waals surface area contributed by atoms with Gasteiger partial charge < -0.3 is 29.7 Å². The van der Waals surface area contributed by atoms with Gasteiger partial charge in [0.15, 0.2) is 11.5 Å². The highest BCUT2D eigenvalue weighted by atomic mass is 19.4. The van der Waals surface area contributed by atoms with Gasteiger partial charge in [0.25, 0.3) is 5.92 Å². The molecule has 1 aromatic carbocycles. The molecule has 9 nitrogen and oxygen atoms in total. The predicted molar refractivity (Wildman–Crippen MR) is 136 cm³/mol. The van der Waals surface area contributed by atoms with E-state index in [1.165, 1.54) is 0 Å². The molecule has 0 saturated carbocycles. The molecule has 2 aromatic rings. The number of carboxylic acids is 1. The topological polar surface area (TPSA) is 100 Å². The summed E-state index contributed by atoms with van der Waals surface area (Å²) in [6.45, 7) is 6.97. The van der Waals surface area contributed by atoms with E-state index in [0.717, 1.165) is 31.3 Å². The lowest BCUT2D eigenvalue weighted by Gasteiger charge is -2.35. The van der Waals surface area contributed by atoms with Crippen molar-refractivity contribution in [1.82, 2.24) is 14.9 Å². The van der Waals surface area contributed by atoms with Crippen molar-refractivity contribution < 1.29 is 41.3 Å². The van der Waals surface area contributed by atoms with Crippen LogP contribution in [0.15, 0.2) is 12.1 Å². The fraction of sp³-hybridized carbons (Fsp3) is 0.640. The zero-order valence-corrected chi connectivity index (χ0v) is 22.3. The van der Waals surface area contributed by atoms with Crippen LogP contribution < -0.4 is 19.7 Å². The Morgan fingerprint density at radius 3 is 2.08 bits per heavy atom. The molecule has 0 bridgehead atoms. The number of piperidine rings is 2. The molecule has 2 N–H and O–H groups in total. The zero-order chi connectivity index (χ0) is 29.0. The van der Waals surface area contributed by atoms with Gasteiger partial charge in [0.05, 0.1) is 19.7 Å². The quantitative estimate of drug-likeness (QED) is 0.480. The molecule has 39 heavy (non-hydrogen) atoms. The van der Waals surface area contributed by atoms with Crippen LogP contribution in [-0.4, -0.2) is 90.5 Å². The third-order valence-electron chi connectivity index (χ3n) is 6.81. The van der Waals surface area contributed by atoms with Crippen LogP contribution in [0.5, 0.6) is 11.5 Å². The van der Waals surface area contributed by atoms with Gasteiger partial charge in [-0.3, -0.25) is 0 Å². The molecule has 2 aliphatic rings. The molecule has 1 aromatic heterocycles. The largest absolute Gasteiger partial charge is 0.493 e. The number of benzene rings is 1. The number of alkyl halides is 5. The standard InChI is InChI=1S/C23H33F2N5O2.C2HF3O2/c1-15(2)29-9-5-16(6-10-29)26-21-17-13-19(31-3)20(32-4)14-18(17)27-22(28-21)30-11-7-23(24,25)8-12-30;3-2(4,5)1(6)7/h13-16H,5-12H2,1-4H3,(H,26,27,28);(H,6,7). The Balaban J connectivity index is 0.000000532. The van der Waals surface area contributed by atoms with Gasteiger partial charge in [0.1, 0.15) is 5.82 Å². The van der Waals surface area contributed by atoms with Crippen LogP contribution in [0.3, 0.4) is 0 Å². The minimum absolute atomic E-state index is 0.184. The number of carbonyl (C=O) groups is 1. The van der Waals surface area contributed by atoms with Gasteiger partial charge in [0.2, 0.25) is 5.95 Å². The van der Waals surface area contributed by atoms with Crippen LogP contribution in [0.1, 0.15) is 39.5 Å². The smallest absolute Gasteiger partial charge is 0.490 e. The first kappa shape index (κ1) is 30.4. The summed E-state index contributed by atoms with van der Waals surface area (Å²) >= 11 is 0. The van der Waals surface area contributed by atoms with Crippen LogP contribution in [-0.2, 0) is 4.79 Å². The summed E-state index contributed by atoms with van der Waals surface area (Å²) in [4.78, 5) is 22.7. The first-order valence-corrected chi connectivity index (χ1v) is 12.6. The Morgan fingerprint density at radius 2 is 1.59 bits per heavy atom. The molecule has 0 unspecified atom stereocenters. The van der Waals surface area contributed by atoms with Crippen molar-refractivity contribution in [3.05, 3.63) is 12.1 Å². The highest BCUT2D eigenvalue weighted by Gasteiger charge is 2.38. The molecule has 0 atom stereocenters. The normalized spacial score (nSPS) is 18.5. The van der Waals surface area contributed by atoms with Gasteiger partial charge in [-0.1, -0.05) is 0 Å². The molecule has 218 valence electrons. The Labute approximate surface area is 223 Å². The Morgan fingerprint density at radius 1 is 1.05 bits per heavy atom. The van der Waals surface area contributed by atoms with Crippen molar-refractivity contribution in [1.29, 1.82) is 0 Å². The first-order chi connectivity index (χ1) is 18.2. The van der Waals surface area contributed by atoms with Gasteiger partial charge in [0, 0.05) is 62.6 Å². The number of aromatic nitrogens is 2. The third-order valence-corrected chi connectivity index (χ3v) is 6.81. The van der Waals surface area contributed by atoms with Crippen molar-refractivity contribution in [2.75, 3.05) is 50.6 Å². The molecule has 2 saturated heterocycles. The maximum Gasteiger partial charge on any atom is 0.490 e. The van der Waals surface area contributed by atoms with E-state index in [-0.39, 0.29) is 32.0 Å². The Kier molecular flexibility index (Phi) is 9.62. The van der Waals surface area contributed by atoms with E-state index in [0.29, 0.717) is 34.8 Å². The average molecular weight is 564 g/mol. The Hall–Kier alpha value is -3.16. The maximum absolute atomic E-state index is 13.7. The third kappa shape index (κ3) is 7.93. The van der Waals surface area contributed by atoms with E-state index >= 15 is 0 Å². The van der Waals surface area contributed by atoms with Crippen LogP contribution in [0, 0.1) is 0 Å². The second-order valence-electron chi connectivity index (χ2n) is 9.79. The molecule has 0 spiro atoms. The number of aliphatic carboxylic acids is 1. The second-order valence-corrected chi connectivity index (χ2v) is 9.79. The maximum atomic E-state index is 13.7. The van der Waals surface area contributed by atoms with Crippen LogP contribution in [0.4, 0.5) is 33.7 Å². The number of nitrogens with zero attached hydrogens (tertiary/aromatic N) is 4. The molecule has 2 aliphatic heterocycles. The Bertz CT molecular complexity index is 1130. The van der Waals surface area contributed by atoms with Crippen LogP contribution >= 0.6 is 0 Å². The van der Waals surface area contributed by atoms with Crippen LogP contribution in [0.2, 0.25) is 0 Å². The minimum atomic E-state index is -5.08. The van der Waals surface area contributed by atoms with Gasteiger partial charge in [-0.15, -0.1) is 0 Å². The molecule has 2 fully saturated rings. The highest BCUT2D eigenvalue weighted by Crippen LogP contribution is 2.37. The van der Waals surface area contributed by atoms with Crippen molar-refractivity contribution in [3.8, 4) is 11.5 Å².